The van der Waals surface area contributed by atoms with Crippen molar-refractivity contribution in [3.05, 3.63) is 16.0 Å². The lowest BCUT2D eigenvalue weighted by Gasteiger charge is -2.06. The molecule has 2 rings (SSSR count). The van der Waals surface area contributed by atoms with Crippen molar-refractivity contribution in [1.82, 2.24) is 0 Å². The van der Waals surface area contributed by atoms with Crippen molar-refractivity contribution in [2.45, 2.75) is 90.4 Å². The average molecular weight is 365 g/mol. The first-order valence-corrected chi connectivity index (χ1v) is 10.7. The summed E-state index contributed by atoms with van der Waals surface area (Å²) >= 11 is 1.55. The van der Waals surface area contributed by atoms with E-state index in [1.807, 2.05) is 0 Å². The Morgan fingerprint density at radius 2 is 1.68 bits per heavy atom. The molecule has 0 aliphatic heterocycles. The minimum absolute atomic E-state index is 0.00691. The Kier molecular flexibility index (Phi) is 8.45. The van der Waals surface area contributed by atoms with Crippen molar-refractivity contribution in [2.75, 3.05) is 5.32 Å². The molecule has 0 saturated carbocycles. The molecular formula is C20H32N2O2S. The van der Waals surface area contributed by atoms with Gasteiger partial charge in [0.1, 0.15) is 5.00 Å². The molecule has 0 atom stereocenters. The maximum atomic E-state index is 12.2. The number of nitrogens with one attached hydrogen (secondary N) is 1. The molecule has 0 aromatic carbocycles. The Bertz CT molecular complexity index is 580. The summed E-state index contributed by atoms with van der Waals surface area (Å²) in [5, 5.41) is 3.63. The lowest BCUT2D eigenvalue weighted by Crippen LogP contribution is -2.17. The SMILES string of the molecule is CCCCCCCCCC(=O)Nc1sc2c(c1C(N)=O)CCCCC2. The zero-order chi connectivity index (χ0) is 18.1. The van der Waals surface area contributed by atoms with E-state index in [9.17, 15) is 9.59 Å². The number of primary amides is 1. The second kappa shape index (κ2) is 10.6. The molecule has 5 heteroatoms. The predicted molar refractivity (Wildman–Crippen MR) is 105 cm³/mol. The van der Waals surface area contributed by atoms with Gasteiger partial charge in [0.05, 0.1) is 5.56 Å². The molecule has 140 valence electrons. The maximum Gasteiger partial charge on any atom is 0.251 e. The van der Waals surface area contributed by atoms with Gasteiger partial charge in [0.15, 0.2) is 0 Å². The zero-order valence-electron chi connectivity index (χ0n) is 15.5. The van der Waals surface area contributed by atoms with Crippen LogP contribution in [0.5, 0.6) is 0 Å². The number of hydrogen-bond acceptors (Lipinski definition) is 3. The van der Waals surface area contributed by atoms with Crippen LogP contribution in [-0.4, -0.2) is 11.8 Å². The van der Waals surface area contributed by atoms with Gasteiger partial charge in [-0.3, -0.25) is 9.59 Å². The van der Waals surface area contributed by atoms with E-state index >= 15 is 0 Å². The topological polar surface area (TPSA) is 72.2 Å². The first-order valence-electron chi connectivity index (χ1n) is 9.87. The van der Waals surface area contributed by atoms with Crippen LogP contribution in [0.3, 0.4) is 0 Å². The van der Waals surface area contributed by atoms with Crippen LogP contribution in [0.25, 0.3) is 0 Å². The van der Waals surface area contributed by atoms with Gasteiger partial charge in [-0.25, -0.2) is 0 Å². The second-order valence-electron chi connectivity index (χ2n) is 7.05. The van der Waals surface area contributed by atoms with Gasteiger partial charge in [-0.1, -0.05) is 51.9 Å². The molecule has 0 unspecified atom stereocenters. The number of amides is 2. The van der Waals surface area contributed by atoms with E-state index in [-0.39, 0.29) is 5.91 Å². The lowest BCUT2D eigenvalue weighted by molar-refractivity contribution is -0.116. The van der Waals surface area contributed by atoms with Crippen LogP contribution in [0, 0.1) is 0 Å². The molecule has 1 aromatic rings. The second-order valence-corrected chi connectivity index (χ2v) is 8.16. The van der Waals surface area contributed by atoms with E-state index in [4.69, 9.17) is 5.73 Å². The third-order valence-corrected chi connectivity index (χ3v) is 6.14. The van der Waals surface area contributed by atoms with Crippen LogP contribution in [0.1, 0.15) is 98.4 Å². The molecule has 1 aliphatic rings. The third-order valence-electron chi connectivity index (χ3n) is 4.93. The van der Waals surface area contributed by atoms with E-state index in [0.29, 0.717) is 17.0 Å². The van der Waals surface area contributed by atoms with Crippen LogP contribution in [0.2, 0.25) is 0 Å². The molecule has 0 saturated heterocycles. The molecular weight excluding hydrogens is 332 g/mol. The molecule has 0 spiro atoms. The zero-order valence-corrected chi connectivity index (χ0v) is 16.3. The van der Waals surface area contributed by atoms with Crippen LogP contribution >= 0.6 is 11.3 Å². The van der Waals surface area contributed by atoms with E-state index in [1.165, 1.54) is 43.4 Å². The Labute approximate surface area is 155 Å². The molecule has 1 aliphatic carbocycles. The summed E-state index contributed by atoms with van der Waals surface area (Å²) in [5.74, 6) is -0.405. The quantitative estimate of drug-likeness (QED) is 0.443. The van der Waals surface area contributed by atoms with Gasteiger partial charge in [0.25, 0.3) is 5.91 Å². The number of carbonyl (C=O) groups is 2. The summed E-state index contributed by atoms with van der Waals surface area (Å²) in [6.45, 7) is 2.22. The number of rotatable bonds is 10. The number of unbranched alkanes of at least 4 members (excludes halogenated alkanes) is 6. The fourth-order valence-electron chi connectivity index (χ4n) is 3.52. The minimum atomic E-state index is -0.411. The van der Waals surface area contributed by atoms with E-state index < -0.39 is 5.91 Å². The number of thiophene rings is 1. The summed E-state index contributed by atoms with van der Waals surface area (Å²) in [6.07, 6.45) is 14.2. The summed E-state index contributed by atoms with van der Waals surface area (Å²) in [4.78, 5) is 25.4. The van der Waals surface area contributed by atoms with Crippen LogP contribution in [0.15, 0.2) is 0 Å². The highest BCUT2D eigenvalue weighted by Gasteiger charge is 2.24. The van der Waals surface area contributed by atoms with Crippen molar-refractivity contribution in [1.29, 1.82) is 0 Å². The molecule has 0 bridgehead atoms. The highest BCUT2D eigenvalue weighted by Crippen LogP contribution is 2.37. The lowest BCUT2D eigenvalue weighted by atomic mass is 10.1. The fourth-order valence-corrected chi connectivity index (χ4v) is 4.83. The monoisotopic (exact) mass is 364 g/mol. The number of fused-ring (bicyclic) bond motifs is 1. The summed E-state index contributed by atoms with van der Waals surface area (Å²) < 4.78 is 0. The fraction of sp³-hybridized carbons (Fsp3) is 0.700. The van der Waals surface area contributed by atoms with Gasteiger partial charge >= 0.3 is 0 Å². The van der Waals surface area contributed by atoms with E-state index in [1.54, 1.807) is 11.3 Å². The number of carbonyl (C=O) groups excluding carboxylic acids is 2. The van der Waals surface area contributed by atoms with Crippen molar-refractivity contribution < 1.29 is 9.59 Å². The summed E-state index contributed by atoms with van der Waals surface area (Å²) in [7, 11) is 0. The van der Waals surface area contributed by atoms with E-state index in [0.717, 1.165) is 44.1 Å². The number of nitrogens with two attached hydrogens (primary N) is 1. The normalized spacial score (nSPS) is 14.0. The molecule has 0 fully saturated rings. The maximum absolute atomic E-state index is 12.2. The van der Waals surface area contributed by atoms with Crippen LogP contribution in [0.4, 0.5) is 5.00 Å². The molecule has 0 radical (unpaired) electrons. The third kappa shape index (κ3) is 6.14. The van der Waals surface area contributed by atoms with Gasteiger partial charge in [-0.2, -0.15) is 0 Å². The Balaban J connectivity index is 1.85. The standard InChI is InChI=1S/C20H32N2O2S/c1-2-3-4-5-6-7-11-14-17(23)22-20-18(19(21)24)15-12-9-8-10-13-16(15)25-20/h2-14H2,1H3,(H2,21,24)(H,22,23). The Morgan fingerprint density at radius 1 is 1.00 bits per heavy atom. The number of hydrogen-bond donors (Lipinski definition) is 2. The number of anilines is 1. The minimum Gasteiger partial charge on any atom is -0.365 e. The first kappa shape index (κ1) is 20.0. The molecule has 25 heavy (non-hydrogen) atoms. The van der Waals surface area contributed by atoms with Crippen molar-refractivity contribution >= 4 is 28.2 Å². The van der Waals surface area contributed by atoms with E-state index in [2.05, 4.69) is 12.2 Å². The highest BCUT2D eigenvalue weighted by molar-refractivity contribution is 7.17. The van der Waals surface area contributed by atoms with Gasteiger partial charge < -0.3 is 11.1 Å². The largest absolute Gasteiger partial charge is 0.365 e. The Morgan fingerprint density at radius 3 is 2.40 bits per heavy atom. The number of aryl methyl sites for hydroxylation is 1. The molecule has 1 aromatic heterocycles. The van der Waals surface area contributed by atoms with Gasteiger partial charge in [-0.05, 0) is 37.7 Å². The molecule has 1 heterocycles. The predicted octanol–water partition coefficient (Wildman–Crippen LogP) is 5.20. The summed E-state index contributed by atoms with van der Waals surface area (Å²) in [5.41, 5.74) is 7.25. The van der Waals surface area contributed by atoms with Crippen LogP contribution in [-0.2, 0) is 17.6 Å². The van der Waals surface area contributed by atoms with Gasteiger partial charge in [0.2, 0.25) is 5.91 Å². The van der Waals surface area contributed by atoms with Crippen LogP contribution < -0.4 is 11.1 Å². The van der Waals surface area contributed by atoms with Crippen molar-refractivity contribution in [3.63, 3.8) is 0 Å². The van der Waals surface area contributed by atoms with Gasteiger partial charge in [0, 0.05) is 11.3 Å². The highest BCUT2D eigenvalue weighted by atomic mass is 32.1. The average Bonchev–Trinajstić information content (AvgIpc) is 2.75. The Hall–Kier alpha value is -1.36. The van der Waals surface area contributed by atoms with Crippen molar-refractivity contribution in [3.8, 4) is 0 Å². The van der Waals surface area contributed by atoms with Gasteiger partial charge in [-0.15, -0.1) is 11.3 Å². The van der Waals surface area contributed by atoms with Crippen molar-refractivity contribution in [2.24, 2.45) is 5.73 Å². The first-order chi connectivity index (χ1) is 12.1. The summed E-state index contributed by atoms with van der Waals surface area (Å²) in [6, 6.07) is 0. The smallest absolute Gasteiger partial charge is 0.251 e. The molecule has 2 amide bonds. The molecule has 3 N–H and O–H groups in total. The molecule has 4 nitrogen and oxygen atoms in total.